The Labute approximate surface area is 144 Å². The van der Waals surface area contributed by atoms with Gasteiger partial charge >= 0.3 is 10.8 Å². The van der Waals surface area contributed by atoms with E-state index >= 15 is 0 Å². The number of thiazole rings is 1. The van der Waals surface area contributed by atoms with Gasteiger partial charge in [0.1, 0.15) is 6.54 Å². The van der Waals surface area contributed by atoms with Crippen LogP contribution in [0.4, 0.5) is 5.69 Å². The number of nitrogens with one attached hydrogen (secondary N) is 1. The lowest BCUT2D eigenvalue weighted by Crippen LogP contribution is -2.32. The van der Waals surface area contributed by atoms with E-state index in [1.807, 2.05) is 12.1 Å². The van der Waals surface area contributed by atoms with Gasteiger partial charge < -0.3 is 10.1 Å². The number of esters is 1. The third-order valence-corrected chi connectivity index (χ3v) is 4.45. The summed E-state index contributed by atoms with van der Waals surface area (Å²) in [5.41, 5.74) is 2.50. The Hall–Kier alpha value is -2.41. The first-order valence-electron chi connectivity index (χ1n) is 7.65. The van der Waals surface area contributed by atoms with Crippen LogP contribution in [-0.2, 0) is 27.3 Å². The monoisotopic (exact) mass is 348 g/mol. The standard InChI is InChI=1S/C17H20N2O4S/c1-4-13-5-7-14(8-6-13)18-16(21)12(3)23-15(20)9-19-11(2)10-24-17(19)22/h5-8,10,12H,4,9H2,1-3H3,(H,18,21)/t12-/m0/s1. The van der Waals surface area contributed by atoms with Crippen molar-refractivity contribution in [2.75, 3.05) is 5.32 Å². The molecule has 1 atom stereocenters. The zero-order valence-electron chi connectivity index (χ0n) is 13.9. The molecule has 1 aromatic carbocycles. The summed E-state index contributed by atoms with van der Waals surface area (Å²) in [4.78, 5) is 35.4. The molecule has 2 rings (SSSR count). The molecule has 128 valence electrons. The molecule has 2 aromatic rings. The van der Waals surface area contributed by atoms with Crippen molar-refractivity contribution < 1.29 is 14.3 Å². The van der Waals surface area contributed by atoms with E-state index in [0.29, 0.717) is 11.4 Å². The highest BCUT2D eigenvalue weighted by Gasteiger charge is 2.19. The molecule has 0 bridgehead atoms. The number of aromatic nitrogens is 1. The third kappa shape index (κ3) is 4.55. The number of aryl methyl sites for hydroxylation is 2. The minimum atomic E-state index is -0.946. The van der Waals surface area contributed by atoms with Crippen molar-refractivity contribution in [3.05, 3.63) is 50.6 Å². The van der Waals surface area contributed by atoms with Gasteiger partial charge in [0.15, 0.2) is 6.10 Å². The highest BCUT2D eigenvalue weighted by molar-refractivity contribution is 7.07. The van der Waals surface area contributed by atoms with E-state index in [1.165, 1.54) is 17.1 Å². The van der Waals surface area contributed by atoms with Crippen molar-refractivity contribution in [3.63, 3.8) is 0 Å². The van der Waals surface area contributed by atoms with Crippen molar-refractivity contribution in [1.29, 1.82) is 0 Å². The minimum absolute atomic E-state index is 0.197. The molecule has 1 N–H and O–H groups in total. The molecule has 0 aliphatic carbocycles. The maximum absolute atomic E-state index is 12.1. The molecular formula is C17H20N2O4S. The number of ether oxygens (including phenoxy) is 1. The molecule has 0 spiro atoms. The van der Waals surface area contributed by atoms with Crippen LogP contribution in [0, 0.1) is 6.92 Å². The van der Waals surface area contributed by atoms with Crippen molar-refractivity contribution >= 4 is 28.9 Å². The number of nitrogens with zero attached hydrogens (tertiary/aromatic N) is 1. The van der Waals surface area contributed by atoms with Crippen LogP contribution in [0.3, 0.4) is 0 Å². The van der Waals surface area contributed by atoms with Crippen LogP contribution in [0.1, 0.15) is 25.1 Å². The van der Waals surface area contributed by atoms with Crippen molar-refractivity contribution in [2.24, 2.45) is 0 Å². The molecule has 0 fully saturated rings. The Morgan fingerprint density at radius 2 is 1.96 bits per heavy atom. The van der Waals surface area contributed by atoms with Gasteiger partial charge in [-0.25, -0.2) is 0 Å². The average Bonchev–Trinajstić information content (AvgIpc) is 2.87. The molecule has 0 aliphatic heterocycles. The summed E-state index contributed by atoms with van der Waals surface area (Å²) in [5, 5.41) is 4.37. The van der Waals surface area contributed by atoms with Crippen LogP contribution in [0.5, 0.6) is 0 Å². The van der Waals surface area contributed by atoms with E-state index < -0.39 is 18.0 Å². The second-order valence-electron chi connectivity index (χ2n) is 5.40. The van der Waals surface area contributed by atoms with Crippen LogP contribution in [0.15, 0.2) is 34.4 Å². The lowest BCUT2D eigenvalue weighted by molar-refractivity contribution is -0.153. The van der Waals surface area contributed by atoms with Crippen LogP contribution in [0.2, 0.25) is 0 Å². The summed E-state index contributed by atoms with van der Waals surface area (Å²) in [5.74, 6) is -1.04. The van der Waals surface area contributed by atoms with Crippen LogP contribution >= 0.6 is 11.3 Å². The number of rotatable bonds is 6. The van der Waals surface area contributed by atoms with E-state index in [0.717, 1.165) is 17.8 Å². The van der Waals surface area contributed by atoms with E-state index in [4.69, 9.17) is 4.74 Å². The highest BCUT2D eigenvalue weighted by atomic mass is 32.1. The topological polar surface area (TPSA) is 77.4 Å². The fourth-order valence-corrected chi connectivity index (χ4v) is 2.82. The van der Waals surface area contributed by atoms with Gasteiger partial charge in [-0.2, -0.15) is 0 Å². The maximum Gasteiger partial charge on any atom is 0.326 e. The quantitative estimate of drug-likeness (QED) is 0.813. The van der Waals surface area contributed by atoms with E-state index in [1.54, 1.807) is 24.4 Å². The molecule has 24 heavy (non-hydrogen) atoms. The van der Waals surface area contributed by atoms with Crippen LogP contribution < -0.4 is 10.2 Å². The lowest BCUT2D eigenvalue weighted by Gasteiger charge is -2.14. The smallest absolute Gasteiger partial charge is 0.326 e. The number of benzene rings is 1. The summed E-state index contributed by atoms with van der Waals surface area (Å²) in [6.45, 7) is 5.09. The summed E-state index contributed by atoms with van der Waals surface area (Å²) < 4.78 is 6.43. The van der Waals surface area contributed by atoms with Crippen molar-refractivity contribution in [1.82, 2.24) is 4.57 Å². The van der Waals surface area contributed by atoms with E-state index in [-0.39, 0.29) is 11.4 Å². The number of hydrogen-bond acceptors (Lipinski definition) is 5. The highest BCUT2D eigenvalue weighted by Crippen LogP contribution is 2.11. The van der Waals surface area contributed by atoms with Gasteiger partial charge in [-0.1, -0.05) is 30.4 Å². The Balaban J connectivity index is 1.90. The zero-order valence-corrected chi connectivity index (χ0v) is 14.7. The maximum atomic E-state index is 12.1. The van der Waals surface area contributed by atoms with Crippen molar-refractivity contribution in [3.8, 4) is 0 Å². The Morgan fingerprint density at radius 1 is 1.29 bits per heavy atom. The van der Waals surface area contributed by atoms with Gasteiger partial charge in [0.25, 0.3) is 5.91 Å². The van der Waals surface area contributed by atoms with Gasteiger partial charge in [-0.15, -0.1) is 0 Å². The largest absolute Gasteiger partial charge is 0.451 e. The first-order valence-corrected chi connectivity index (χ1v) is 8.53. The summed E-state index contributed by atoms with van der Waals surface area (Å²) in [6.07, 6.45) is -0.0261. The second-order valence-corrected chi connectivity index (χ2v) is 6.22. The summed E-state index contributed by atoms with van der Waals surface area (Å²) in [7, 11) is 0. The number of hydrogen-bond donors (Lipinski definition) is 1. The molecule has 1 heterocycles. The first-order chi connectivity index (χ1) is 11.4. The molecule has 0 unspecified atom stereocenters. The first kappa shape index (κ1) is 17.9. The normalized spacial score (nSPS) is 11.8. The Bertz CT molecular complexity index is 777. The number of amides is 1. The summed E-state index contributed by atoms with van der Waals surface area (Å²) >= 11 is 1.02. The molecule has 1 amide bonds. The second kappa shape index (κ2) is 7.92. The number of anilines is 1. The predicted molar refractivity (Wildman–Crippen MR) is 93.3 cm³/mol. The zero-order chi connectivity index (χ0) is 17.7. The molecule has 0 radical (unpaired) electrons. The number of carbonyl (C=O) groups is 2. The predicted octanol–water partition coefficient (Wildman–Crippen LogP) is 2.35. The molecule has 1 aromatic heterocycles. The van der Waals surface area contributed by atoms with Gasteiger partial charge in [-0.05, 0) is 38.0 Å². The minimum Gasteiger partial charge on any atom is -0.451 e. The molecule has 7 heteroatoms. The van der Waals surface area contributed by atoms with Gasteiger partial charge in [0, 0.05) is 16.8 Å². The summed E-state index contributed by atoms with van der Waals surface area (Å²) in [6, 6.07) is 7.47. The van der Waals surface area contributed by atoms with Crippen LogP contribution in [0.25, 0.3) is 0 Å². The Kier molecular flexibility index (Phi) is 5.92. The SMILES string of the molecule is CCc1ccc(NC(=O)[C@H](C)OC(=O)Cn2c(C)csc2=O)cc1. The lowest BCUT2D eigenvalue weighted by atomic mass is 10.1. The molecule has 0 saturated carbocycles. The van der Waals surface area contributed by atoms with Gasteiger partial charge in [0.2, 0.25) is 0 Å². The van der Waals surface area contributed by atoms with Gasteiger partial charge in [-0.3, -0.25) is 19.0 Å². The Morgan fingerprint density at radius 3 is 2.50 bits per heavy atom. The molecular weight excluding hydrogens is 328 g/mol. The molecule has 0 saturated heterocycles. The number of carbonyl (C=O) groups excluding carboxylic acids is 2. The molecule has 0 aliphatic rings. The van der Waals surface area contributed by atoms with Gasteiger partial charge in [0.05, 0.1) is 0 Å². The fourth-order valence-electron chi connectivity index (χ4n) is 2.08. The third-order valence-electron chi connectivity index (χ3n) is 3.57. The van der Waals surface area contributed by atoms with Crippen molar-refractivity contribution in [2.45, 2.75) is 39.8 Å². The van der Waals surface area contributed by atoms with E-state index in [9.17, 15) is 14.4 Å². The molecule has 6 nitrogen and oxygen atoms in total. The fraction of sp³-hybridized carbons (Fsp3) is 0.353. The van der Waals surface area contributed by atoms with E-state index in [2.05, 4.69) is 12.2 Å². The average molecular weight is 348 g/mol. The van der Waals surface area contributed by atoms with Crippen LogP contribution in [-0.4, -0.2) is 22.5 Å².